The lowest BCUT2D eigenvalue weighted by atomic mass is 10.1. The second-order valence-electron chi connectivity index (χ2n) is 3.66. The van der Waals surface area contributed by atoms with E-state index in [2.05, 4.69) is 5.32 Å². The maximum absolute atomic E-state index is 12.7. The van der Waals surface area contributed by atoms with Gasteiger partial charge in [-0.2, -0.15) is 13.2 Å². The Bertz CT molecular complexity index is 448. The van der Waals surface area contributed by atoms with E-state index in [4.69, 9.17) is 17.3 Å². The number of amides is 1. The largest absolute Gasteiger partial charge is 0.418 e. The van der Waals surface area contributed by atoms with Gasteiger partial charge in [0.25, 0.3) is 0 Å². The molecule has 1 aromatic rings. The first-order chi connectivity index (χ1) is 8.27. The van der Waals surface area contributed by atoms with Crippen LogP contribution in [-0.4, -0.2) is 11.9 Å². The molecule has 7 heteroatoms. The van der Waals surface area contributed by atoms with Crippen LogP contribution in [0.1, 0.15) is 18.9 Å². The molecule has 1 rings (SSSR count). The Kier molecular flexibility index (Phi) is 4.59. The van der Waals surface area contributed by atoms with Crippen LogP contribution in [0.2, 0.25) is 5.02 Å². The normalized spacial score (nSPS) is 13.2. The molecule has 0 heterocycles. The number of rotatable bonds is 3. The van der Waals surface area contributed by atoms with E-state index in [1.165, 1.54) is 12.1 Å². The van der Waals surface area contributed by atoms with E-state index in [-0.39, 0.29) is 5.02 Å². The topological polar surface area (TPSA) is 55.1 Å². The summed E-state index contributed by atoms with van der Waals surface area (Å²) in [5.41, 5.74) is 3.99. The van der Waals surface area contributed by atoms with Gasteiger partial charge in [-0.3, -0.25) is 4.79 Å². The third-order valence-corrected chi connectivity index (χ3v) is 2.66. The first-order valence-electron chi connectivity index (χ1n) is 5.19. The van der Waals surface area contributed by atoms with Crippen LogP contribution >= 0.6 is 11.6 Å². The van der Waals surface area contributed by atoms with Crippen LogP contribution < -0.4 is 11.1 Å². The average Bonchev–Trinajstić information content (AvgIpc) is 2.29. The fraction of sp³-hybridized carbons (Fsp3) is 0.364. The molecule has 3 nitrogen and oxygen atoms in total. The lowest BCUT2D eigenvalue weighted by molar-refractivity contribution is -0.137. The van der Waals surface area contributed by atoms with Gasteiger partial charge >= 0.3 is 6.18 Å². The second kappa shape index (κ2) is 5.58. The zero-order chi connectivity index (χ0) is 13.9. The molecule has 1 unspecified atom stereocenters. The molecule has 0 radical (unpaired) electrons. The number of benzene rings is 1. The smallest absolute Gasteiger partial charge is 0.323 e. The minimum atomic E-state index is -4.59. The summed E-state index contributed by atoms with van der Waals surface area (Å²) in [5, 5.41) is 1.94. The van der Waals surface area contributed by atoms with Crippen LogP contribution in [0.5, 0.6) is 0 Å². The molecule has 0 saturated carbocycles. The van der Waals surface area contributed by atoms with Gasteiger partial charge in [0.1, 0.15) is 0 Å². The number of nitrogens with one attached hydrogen (secondary N) is 1. The monoisotopic (exact) mass is 280 g/mol. The predicted molar refractivity (Wildman–Crippen MR) is 63.4 cm³/mol. The van der Waals surface area contributed by atoms with Crippen LogP contribution in [0.3, 0.4) is 0 Å². The molecule has 0 bridgehead atoms. The molecule has 0 aromatic heterocycles. The molecule has 1 aromatic carbocycles. The number of para-hydroxylation sites is 1. The van der Waals surface area contributed by atoms with Crippen molar-refractivity contribution in [2.75, 3.05) is 5.32 Å². The molecular formula is C11H12ClF3N2O. The maximum atomic E-state index is 12.7. The lowest BCUT2D eigenvalue weighted by Gasteiger charge is -2.16. The summed E-state index contributed by atoms with van der Waals surface area (Å²) in [6.45, 7) is 1.65. The van der Waals surface area contributed by atoms with Gasteiger partial charge in [-0.15, -0.1) is 0 Å². The van der Waals surface area contributed by atoms with E-state index < -0.39 is 29.4 Å². The molecule has 18 heavy (non-hydrogen) atoms. The minimum absolute atomic E-state index is 0.179. The summed E-state index contributed by atoms with van der Waals surface area (Å²) < 4.78 is 38.2. The number of alkyl halides is 3. The number of hydrogen-bond acceptors (Lipinski definition) is 2. The third-order valence-electron chi connectivity index (χ3n) is 2.34. The molecule has 3 N–H and O–H groups in total. The van der Waals surface area contributed by atoms with Crippen LogP contribution in [0.15, 0.2) is 18.2 Å². The predicted octanol–water partition coefficient (Wildman–Crippen LogP) is 3.03. The van der Waals surface area contributed by atoms with Gasteiger partial charge in [0.15, 0.2) is 0 Å². The van der Waals surface area contributed by atoms with Gasteiger partial charge in [-0.1, -0.05) is 24.6 Å². The molecule has 0 spiro atoms. The minimum Gasteiger partial charge on any atom is -0.323 e. The van der Waals surface area contributed by atoms with Crippen molar-refractivity contribution in [1.29, 1.82) is 0 Å². The van der Waals surface area contributed by atoms with Crippen molar-refractivity contribution in [2.24, 2.45) is 5.73 Å². The van der Waals surface area contributed by atoms with E-state index in [0.717, 1.165) is 6.07 Å². The summed E-state index contributed by atoms with van der Waals surface area (Å²) in [7, 11) is 0. The average molecular weight is 281 g/mol. The number of anilines is 1. The molecule has 0 aliphatic heterocycles. The Morgan fingerprint density at radius 1 is 1.50 bits per heavy atom. The van der Waals surface area contributed by atoms with Gasteiger partial charge in [0.05, 0.1) is 22.3 Å². The van der Waals surface area contributed by atoms with Crippen molar-refractivity contribution in [3.63, 3.8) is 0 Å². The van der Waals surface area contributed by atoms with Crippen LogP contribution in [0, 0.1) is 0 Å². The molecule has 0 saturated heterocycles. The number of hydrogen-bond donors (Lipinski definition) is 2. The molecule has 100 valence electrons. The van der Waals surface area contributed by atoms with E-state index in [9.17, 15) is 18.0 Å². The Labute approximate surface area is 107 Å². The summed E-state index contributed by atoms with van der Waals surface area (Å²) in [4.78, 5) is 11.5. The molecule has 1 atom stereocenters. The number of carbonyl (C=O) groups is 1. The summed E-state index contributed by atoms with van der Waals surface area (Å²) >= 11 is 5.67. The van der Waals surface area contributed by atoms with Crippen LogP contribution in [0.4, 0.5) is 18.9 Å². The van der Waals surface area contributed by atoms with E-state index in [0.29, 0.717) is 6.42 Å². The highest BCUT2D eigenvalue weighted by Crippen LogP contribution is 2.38. The van der Waals surface area contributed by atoms with Crippen LogP contribution in [0.25, 0.3) is 0 Å². The Morgan fingerprint density at radius 3 is 2.61 bits per heavy atom. The van der Waals surface area contributed by atoms with Crippen molar-refractivity contribution < 1.29 is 18.0 Å². The van der Waals surface area contributed by atoms with Crippen LogP contribution in [-0.2, 0) is 11.0 Å². The standard InChI is InChI=1S/C11H12ClF3N2O/c1-2-8(16)10(18)17-9-6(11(13,14)15)4-3-5-7(9)12/h3-5,8H,2,16H2,1H3,(H,17,18). The van der Waals surface area contributed by atoms with Gasteiger partial charge < -0.3 is 11.1 Å². The highest BCUT2D eigenvalue weighted by atomic mass is 35.5. The summed E-state index contributed by atoms with van der Waals surface area (Å²) in [5.74, 6) is -0.698. The summed E-state index contributed by atoms with van der Waals surface area (Å²) in [6.07, 6.45) is -4.28. The number of carbonyl (C=O) groups excluding carboxylic acids is 1. The molecule has 0 fully saturated rings. The fourth-order valence-electron chi connectivity index (χ4n) is 1.29. The van der Waals surface area contributed by atoms with Crippen molar-refractivity contribution in [2.45, 2.75) is 25.6 Å². The molecular weight excluding hydrogens is 269 g/mol. The fourth-order valence-corrected chi connectivity index (χ4v) is 1.51. The number of halogens is 4. The van der Waals surface area contributed by atoms with Gasteiger partial charge in [-0.05, 0) is 18.6 Å². The second-order valence-corrected chi connectivity index (χ2v) is 4.07. The van der Waals surface area contributed by atoms with E-state index in [1.54, 1.807) is 6.92 Å². The molecule has 0 aliphatic rings. The van der Waals surface area contributed by atoms with Gasteiger partial charge in [0, 0.05) is 0 Å². The van der Waals surface area contributed by atoms with E-state index >= 15 is 0 Å². The Morgan fingerprint density at radius 2 is 2.11 bits per heavy atom. The maximum Gasteiger partial charge on any atom is 0.418 e. The summed E-state index contributed by atoms with van der Waals surface area (Å²) in [6, 6.07) is 2.41. The zero-order valence-electron chi connectivity index (χ0n) is 9.51. The first-order valence-corrected chi connectivity index (χ1v) is 5.57. The van der Waals surface area contributed by atoms with Gasteiger partial charge in [-0.25, -0.2) is 0 Å². The quantitative estimate of drug-likeness (QED) is 0.894. The molecule has 1 amide bonds. The Balaban J connectivity index is 3.12. The highest BCUT2D eigenvalue weighted by Gasteiger charge is 2.35. The highest BCUT2D eigenvalue weighted by molar-refractivity contribution is 6.34. The van der Waals surface area contributed by atoms with Crippen molar-refractivity contribution in [3.05, 3.63) is 28.8 Å². The lowest BCUT2D eigenvalue weighted by Crippen LogP contribution is -2.35. The van der Waals surface area contributed by atoms with Crippen molar-refractivity contribution >= 4 is 23.2 Å². The van der Waals surface area contributed by atoms with Gasteiger partial charge in [0.2, 0.25) is 5.91 Å². The Hall–Kier alpha value is -1.27. The van der Waals surface area contributed by atoms with Crippen molar-refractivity contribution in [3.8, 4) is 0 Å². The SMILES string of the molecule is CCC(N)C(=O)Nc1c(Cl)cccc1C(F)(F)F. The number of nitrogens with two attached hydrogens (primary N) is 1. The third kappa shape index (κ3) is 3.36. The molecule has 0 aliphatic carbocycles. The van der Waals surface area contributed by atoms with E-state index in [1.807, 2.05) is 0 Å². The first kappa shape index (κ1) is 14.8. The zero-order valence-corrected chi connectivity index (χ0v) is 10.3. The van der Waals surface area contributed by atoms with Crippen molar-refractivity contribution in [1.82, 2.24) is 0 Å².